The van der Waals surface area contributed by atoms with Gasteiger partial charge in [0, 0.05) is 18.7 Å². The molecule has 112 valence electrons. The molecule has 0 amide bonds. The SMILES string of the molecule is CCC1CCCCN1S(=O)(=O)c1cc([N+](=O)[O-])c(N)s1. The van der Waals surface area contributed by atoms with Crippen molar-refractivity contribution in [2.75, 3.05) is 12.3 Å². The first kappa shape index (κ1) is 15.2. The van der Waals surface area contributed by atoms with Gasteiger partial charge in [-0.05, 0) is 19.3 Å². The average molecular weight is 319 g/mol. The number of nitrogen functional groups attached to an aromatic ring is 1. The summed E-state index contributed by atoms with van der Waals surface area (Å²) in [6.45, 7) is 2.41. The zero-order valence-corrected chi connectivity index (χ0v) is 12.7. The van der Waals surface area contributed by atoms with Crippen molar-refractivity contribution < 1.29 is 13.3 Å². The highest BCUT2D eigenvalue weighted by molar-refractivity contribution is 7.91. The van der Waals surface area contributed by atoms with Gasteiger partial charge >= 0.3 is 5.69 Å². The van der Waals surface area contributed by atoms with Gasteiger partial charge < -0.3 is 5.73 Å². The lowest BCUT2D eigenvalue weighted by Crippen LogP contribution is -2.42. The van der Waals surface area contributed by atoms with Crippen LogP contribution < -0.4 is 5.73 Å². The third-order valence-corrected chi connectivity index (χ3v) is 6.88. The van der Waals surface area contributed by atoms with Gasteiger partial charge in [0.15, 0.2) is 5.00 Å². The quantitative estimate of drug-likeness (QED) is 0.676. The Kier molecular flexibility index (Phi) is 4.31. The van der Waals surface area contributed by atoms with Crippen LogP contribution in [0.4, 0.5) is 10.7 Å². The van der Waals surface area contributed by atoms with Gasteiger partial charge in [-0.3, -0.25) is 10.1 Å². The Bertz CT molecular complexity index is 611. The van der Waals surface area contributed by atoms with Gasteiger partial charge in [0.05, 0.1) is 4.92 Å². The molecule has 2 rings (SSSR count). The molecule has 2 N–H and O–H groups in total. The van der Waals surface area contributed by atoms with Crippen molar-refractivity contribution in [1.29, 1.82) is 0 Å². The molecule has 0 radical (unpaired) electrons. The Labute approximate surface area is 121 Å². The van der Waals surface area contributed by atoms with E-state index in [4.69, 9.17) is 5.73 Å². The van der Waals surface area contributed by atoms with Crippen LogP contribution in [0.15, 0.2) is 10.3 Å². The van der Waals surface area contributed by atoms with Crippen molar-refractivity contribution in [1.82, 2.24) is 4.31 Å². The minimum absolute atomic E-state index is 0.0314. The second-order valence-electron chi connectivity index (χ2n) is 4.75. The van der Waals surface area contributed by atoms with Crippen LogP contribution >= 0.6 is 11.3 Å². The molecule has 2 heterocycles. The topological polar surface area (TPSA) is 107 Å². The Balaban J connectivity index is 2.39. The molecule has 7 nitrogen and oxygen atoms in total. The van der Waals surface area contributed by atoms with Crippen molar-refractivity contribution in [3.05, 3.63) is 16.2 Å². The van der Waals surface area contributed by atoms with Crippen LogP contribution in [0.3, 0.4) is 0 Å². The average Bonchev–Trinajstić information content (AvgIpc) is 2.81. The molecular formula is C11H17N3O4S2. The highest BCUT2D eigenvalue weighted by Crippen LogP contribution is 2.37. The van der Waals surface area contributed by atoms with Crippen LogP contribution in [0.25, 0.3) is 0 Å². The van der Waals surface area contributed by atoms with Crippen LogP contribution in [-0.2, 0) is 10.0 Å². The van der Waals surface area contributed by atoms with Gasteiger partial charge in [0.25, 0.3) is 10.0 Å². The molecule has 0 saturated carbocycles. The molecule has 1 aliphatic heterocycles. The van der Waals surface area contributed by atoms with Crippen LogP contribution in [-0.4, -0.2) is 30.2 Å². The van der Waals surface area contributed by atoms with E-state index in [1.54, 1.807) is 0 Å². The lowest BCUT2D eigenvalue weighted by molar-refractivity contribution is -0.383. The van der Waals surface area contributed by atoms with E-state index in [0.29, 0.717) is 6.54 Å². The second kappa shape index (κ2) is 5.66. The summed E-state index contributed by atoms with van der Waals surface area (Å²) in [4.78, 5) is 10.1. The van der Waals surface area contributed by atoms with E-state index in [1.807, 2.05) is 6.92 Å². The predicted octanol–water partition coefficient (Wildman–Crippen LogP) is 2.19. The summed E-state index contributed by atoms with van der Waals surface area (Å²) in [5, 5.41) is 10.7. The minimum atomic E-state index is -3.69. The molecule has 9 heteroatoms. The number of piperidine rings is 1. The van der Waals surface area contributed by atoms with Crippen LogP contribution in [0.5, 0.6) is 0 Å². The smallest absolute Gasteiger partial charge is 0.304 e. The van der Waals surface area contributed by atoms with Crippen molar-refractivity contribution in [2.45, 2.75) is 42.9 Å². The Hall–Kier alpha value is -1.19. The van der Waals surface area contributed by atoms with Gasteiger partial charge in [0.2, 0.25) is 0 Å². The second-order valence-corrected chi connectivity index (χ2v) is 7.95. The molecular weight excluding hydrogens is 302 g/mol. The normalized spacial score (nSPS) is 20.9. The number of hydrogen-bond donors (Lipinski definition) is 1. The van der Waals surface area contributed by atoms with E-state index in [0.717, 1.165) is 43.1 Å². The molecule has 1 unspecified atom stereocenters. The van der Waals surface area contributed by atoms with Gasteiger partial charge in [0.1, 0.15) is 4.21 Å². The molecule has 1 aromatic heterocycles. The molecule has 0 spiro atoms. The maximum atomic E-state index is 12.6. The number of rotatable bonds is 4. The maximum Gasteiger partial charge on any atom is 0.304 e. The first-order valence-electron chi connectivity index (χ1n) is 6.43. The number of nitrogens with two attached hydrogens (primary N) is 1. The monoisotopic (exact) mass is 319 g/mol. The third kappa shape index (κ3) is 2.65. The van der Waals surface area contributed by atoms with E-state index >= 15 is 0 Å². The summed E-state index contributed by atoms with van der Waals surface area (Å²) in [5.74, 6) is 0. The molecule has 1 fully saturated rings. The van der Waals surface area contributed by atoms with E-state index in [9.17, 15) is 18.5 Å². The summed E-state index contributed by atoms with van der Waals surface area (Å²) in [7, 11) is -3.69. The fourth-order valence-corrected chi connectivity index (χ4v) is 5.57. The van der Waals surface area contributed by atoms with Crippen molar-refractivity contribution >= 4 is 32.0 Å². The molecule has 1 saturated heterocycles. The van der Waals surface area contributed by atoms with Crippen molar-refractivity contribution in [3.8, 4) is 0 Å². The largest absolute Gasteiger partial charge is 0.385 e. The molecule has 20 heavy (non-hydrogen) atoms. The van der Waals surface area contributed by atoms with E-state index in [1.165, 1.54) is 4.31 Å². The van der Waals surface area contributed by atoms with Gasteiger partial charge in [-0.25, -0.2) is 8.42 Å². The Morgan fingerprint density at radius 3 is 2.80 bits per heavy atom. The molecule has 1 atom stereocenters. The zero-order valence-electron chi connectivity index (χ0n) is 11.1. The predicted molar refractivity (Wildman–Crippen MR) is 77.2 cm³/mol. The molecule has 0 bridgehead atoms. The third-order valence-electron chi connectivity index (χ3n) is 3.52. The van der Waals surface area contributed by atoms with E-state index in [2.05, 4.69) is 0 Å². The van der Waals surface area contributed by atoms with Crippen LogP contribution in [0, 0.1) is 10.1 Å². The maximum absolute atomic E-state index is 12.6. The lowest BCUT2D eigenvalue weighted by atomic mass is 10.0. The number of nitro groups is 1. The number of nitrogens with zero attached hydrogens (tertiary/aromatic N) is 2. The van der Waals surface area contributed by atoms with E-state index < -0.39 is 14.9 Å². The first-order valence-corrected chi connectivity index (χ1v) is 8.69. The Morgan fingerprint density at radius 2 is 2.25 bits per heavy atom. The molecule has 1 aliphatic rings. The number of hydrogen-bond acceptors (Lipinski definition) is 6. The summed E-state index contributed by atoms with van der Waals surface area (Å²) < 4.78 is 26.6. The minimum Gasteiger partial charge on any atom is -0.385 e. The van der Waals surface area contributed by atoms with Crippen molar-refractivity contribution in [3.63, 3.8) is 0 Å². The fraction of sp³-hybridized carbons (Fsp3) is 0.636. The summed E-state index contributed by atoms with van der Waals surface area (Å²) in [6.07, 6.45) is 3.40. The standard InChI is InChI=1S/C11H17N3O4S2/c1-2-8-5-3-4-6-13(8)20(17,18)10-7-9(14(15)16)11(12)19-10/h7-8H,2-6,12H2,1H3. The highest BCUT2D eigenvalue weighted by atomic mass is 32.2. The first-order chi connectivity index (χ1) is 9.37. The van der Waals surface area contributed by atoms with Crippen molar-refractivity contribution in [2.24, 2.45) is 0 Å². The van der Waals surface area contributed by atoms with Gasteiger partial charge in [-0.15, -0.1) is 0 Å². The van der Waals surface area contributed by atoms with Gasteiger partial charge in [-0.1, -0.05) is 24.7 Å². The highest BCUT2D eigenvalue weighted by Gasteiger charge is 2.35. The fourth-order valence-electron chi connectivity index (χ4n) is 2.46. The molecule has 0 aliphatic carbocycles. The van der Waals surface area contributed by atoms with Crippen LogP contribution in [0.2, 0.25) is 0 Å². The Morgan fingerprint density at radius 1 is 1.55 bits per heavy atom. The summed E-state index contributed by atoms with van der Waals surface area (Å²) >= 11 is 0.762. The van der Waals surface area contributed by atoms with E-state index in [-0.39, 0.29) is 20.9 Å². The summed E-state index contributed by atoms with van der Waals surface area (Å²) in [6, 6.07) is 1.03. The summed E-state index contributed by atoms with van der Waals surface area (Å²) in [5.41, 5.74) is 5.19. The van der Waals surface area contributed by atoms with Crippen LogP contribution in [0.1, 0.15) is 32.6 Å². The lowest BCUT2D eigenvalue weighted by Gasteiger charge is -2.33. The molecule has 0 aromatic carbocycles. The number of anilines is 1. The number of sulfonamides is 1. The number of thiophene rings is 1. The zero-order chi connectivity index (χ0) is 14.9. The van der Waals surface area contributed by atoms with Gasteiger partial charge in [-0.2, -0.15) is 4.31 Å². The molecule has 1 aromatic rings.